The Hall–Kier alpha value is -1.45. The minimum atomic E-state index is -0.449. The molecule has 0 saturated heterocycles. The van der Waals surface area contributed by atoms with Gasteiger partial charge in [-0.1, -0.05) is 0 Å². The number of ether oxygens (including phenoxy) is 1. The Balaban J connectivity index is 2.83. The topological polar surface area (TPSA) is 62.5 Å². The smallest absolute Gasteiger partial charge is 0.339 e. The summed E-state index contributed by atoms with van der Waals surface area (Å²) in [7, 11) is 1.30. The molecule has 1 N–H and O–H groups in total. The predicted octanol–water partition coefficient (Wildman–Crippen LogP) is 0.578. The summed E-state index contributed by atoms with van der Waals surface area (Å²) < 4.78 is 4.48. The van der Waals surface area contributed by atoms with Crippen molar-refractivity contribution in [3.05, 3.63) is 11.6 Å². The highest BCUT2D eigenvalue weighted by molar-refractivity contribution is 6.17. The lowest BCUT2D eigenvalue weighted by Gasteiger charge is -2.10. The van der Waals surface area contributed by atoms with Crippen molar-refractivity contribution in [3.63, 3.8) is 0 Å². The van der Waals surface area contributed by atoms with E-state index in [1.165, 1.54) is 19.4 Å². The van der Waals surface area contributed by atoms with Gasteiger partial charge in [0, 0.05) is 6.21 Å². The second-order valence-electron chi connectivity index (χ2n) is 2.50. The predicted molar refractivity (Wildman–Crippen MR) is 45.8 cm³/mol. The van der Waals surface area contributed by atoms with Crippen molar-refractivity contribution in [2.45, 2.75) is 13.0 Å². The number of hydrogen-bond donors (Lipinski definition) is 1. The molecule has 12 heavy (non-hydrogen) atoms. The Kier molecular flexibility index (Phi) is 2.38. The Labute approximate surface area is 70.5 Å². The van der Waals surface area contributed by atoms with Gasteiger partial charge in [-0.3, -0.25) is 4.99 Å². The first-order valence-electron chi connectivity index (χ1n) is 3.56. The van der Waals surface area contributed by atoms with Crippen molar-refractivity contribution >= 4 is 17.9 Å². The van der Waals surface area contributed by atoms with E-state index in [0.29, 0.717) is 11.3 Å². The first kappa shape index (κ1) is 8.64. The fourth-order valence-electron chi connectivity index (χ4n) is 0.827. The highest BCUT2D eigenvalue weighted by Crippen LogP contribution is 2.05. The summed E-state index contributed by atoms with van der Waals surface area (Å²) in [4.78, 5) is 14.9. The highest BCUT2D eigenvalue weighted by atomic mass is 16.5. The quantitative estimate of drug-likeness (QED) is 0.579. The highest BCUT2D eigenvalue weighted by Gasteiger charge is 2.15. The van der Waals surface area contributed by atoms with Gasteiger partial charge in [-0.25, -0.2) is 4.79 Å². The maximum absolute atomic E-state index is 10.9. The van der Waals surface area contributed by atoms with Gasteiger partial charge in [0.05, 0.1) is 24.4 Å². The molecule has 64 valence electrons. The lowest BCUT2D eigenvalue weighted by Crippen LogP contribution is -2.20. The summed E-state index contributed by atoms with van der Waals surface area (Å²) in [6.45, 7) is 1.80. The molecule has 1 unspecified atom stereocenters. The molecule has 0 amide bonds. The molecule has 0 fully saturated rings. The number of carbonyl (C=O) groups is 1. The van der Waals surface area contributed by atoms with E-state index < -0.39 is 5.97 Å². The first-order valence-corrected chi connectivity index (χ1v) is 3.56. The fraction of sp³-hybridized carbons (Fsp3) is 0.375. The lowest BCUT2D eigenvalue weighted by atomic mass is 10.1. The second-order valence-corrected chi connectivity index (χ2v) is 2.50. The van der Waals surface area contributed by atoms with E-state index in [2.05, 4.69) is 9.73 Å². The van der Waals surface area contributed by atoms with Crippen molar-refractivity contribution in [2.24, 2.45) is 4.99 Å². The van der Waals surface area contributed by atoms with E-state index in [1.54, 1.807) is 6.92 Å². The number of nitrogens with zero attached hydrogens (tertiary/aromatic N) is 1. The van der Waals surface area contributed by atoms with Crippen molar-refractivity contribution in [3.8, 4) is 0 Å². The molecule has 0 bridgehead atoms. The minimum absolute atomic E-state index is 0.154. The third kappa shape index (κ3) is 1.58. The molecule has 0 radical (unpaired) electrons. The van der Waals surface area contributed by atoms with Crippen molar-refractivity contribution < 1.29 is 9.53 Å². The number of dihydropyridines is 1. The third-order valence-electron chi connectivity index (χ3n) is 1.62. The van der Waals surface area contributed by atoms with Crippen LogP contribution in [-0.2, 0) is 9.53 Å². The molecule has 0 spiro atoms. The van der Waals surface area contributed by atoms with Crippen LogP contribution in [0.2, 0.25) is 0 Å². The Morgan fingerprint density at radius 2 is 2.42 bits per heavy atom. The van der Waals surface area contributed by atoms with E-state index in [-0.39, 0.29) is 6.04 Å². The third-order valence-corrected chi connectivity index (χ3v) is 1.62. The zero-order chi connectivity index (χ0) is 9.14. The van der Waals surface area contributed by atoms with Crippen LogP contribution in [0, 0.1) is 5.41 Å². The van der Waals surface area contributed by atoms with Gasteiger partial charge in [-0.15, -0.1) is 0 Å². The molecule has 1 heterocycles. The number of carbonyl (C=O) groups excluding carboxylic acids is 1. The van der Waals surface area contributed by atoms with Crippen LogP contribution in [0.5, 0.6) is 0 Å². The van der Waals surface area contributed by atoms with Crippen molar-refractivity contribution in [1.29, 1.82) is 5.41 Å². The van der Waals surface area contributed by atoms with Crippen LogP contribution in [0.25, 0.3) is 0 Å². The van der Waals surface area contributed by atoms with Gasteiger partial charge in [0.15, 0.2) is 0 Å². The van der Waals surface area contributed by atoms with Gasteiger partial charge in [0.25, 0.3) is 0 Å². The average molecular weight is 166 g/mol. The number of esters is 1. The van der Waals surface area contributed by atoms with Crippen molar-refractivity contribution in [2.75, 3.05) is 7.11 Å². The molecule has 0 aliphatic carbocycles. The summed E-state index contributed by atoms with van der Waals surface area (Å²) in [5, 5.41) is 7.40. The molecule has 0 aromatic heterocycles. The maximum atomic E-state index is 10.9. The van der Waals surface area contributed by atoms with Gasteiger partial charge < -0.3 is 10.1 Å². The molecule has 1 rings (SSSR count). The van der Waals surface area contributed by atoms with E-state index >= 15 is 0 Å². The summed E-state index contributed by atoms with van der Waals surface area (Å²) >= 11 is 0. The van der Waals surface area contributed by atoms with Crippen molar-refractivity contribution in [1.82, 2.24) is 0 Å². The number of nitrogens with one attached hydrogen (secondary N) is 1. The number of hydrogen-bond acceptors (Lipinski definition) is 4. The van der Waals surface area contributed by atoms with E-state index in [0.717, 1.165) is 0 Å². The van der Waals surface area contributed by atoms with Crippen LogP contribution >= 0.6 is 0 Å². The Bertz CT molecular complexity index is 277. The van der Waals surface area contributed by atoms with Gasteiger partial charge in [0.2, 0.25) is 0 Å². The van der Waals surface area contributed by atoms with Crippen LogP contribution < -0.4 is 0 Å². The van der Waals surface area contributed by atoms with Crippen LogP contribution in [0.4, 0.5) is 0 Å². The molecular formula is C8H10N2O2. The van der Waals surface area contributed by atoms with Gasteiger partial charge >= 0.3 is 5.97 Å². The Morgan fingerprint density at radius 3 is 2.92 bits per heavy atom. The summed E-state index contributed by atoms with van der Waals surface area (Å²) in [6.07, 6.45) is 2.91. The van der Waals surface area contributed by atoms with E-state index in [1.807, 2.05) is 0 Å². The maximum Gasteiger partial charge on any atom is 0.339 e. The Morgan fingerprint density at radius 1 is 1.75 bits per heavy atom. The monoisotopic (exact) mass is 166 g/mol. The SMILES string of the molecule is COC(=O)C1=CC(=N)C(C)N=C1. The number of methoxy groups -OCH3 is 1. The molecular weight excluding hydrogens is 156 g/mol. The standard InChI is InChI=1S/C8H10N2O2/c1-5-7(9)3-6(4-10-5)8(11)12-2/h3-5,9H,1-2H3. The summed E-state index contributed by atoms with van der Waals surface area (Å²) in [5.74, 6) is -0.449. The lowest BCUT2D eigenvalue weighted by molar-refractivity contribution is -0.135. The zero-order valence-electron chi connectivity index (χ0n) is 7.00. The second kappa shape index (κ2) is 3.30. The summed E-state index contributed by atoms with van der Waals surface area (Å²) in [5.41, 5.74) is 0.665. The molecule has 0 aromatic rings. The van der Waals surface area contributed by atoms with Gasteiger partial charge in [-0.05, 0) is 13.0 Å². The van der Waals surface area contributed by atoms with E-state index in [4.69, 9.17) is 5.41 Å². The largest absolute Gasteiger partial charge is 0.465 e. The van der Waals surface area contributed by atoms with Crippen LogP contribution in [0.1, 0.15) is 6.92 Å². The normalized spacial score (nSPS) is 22.0. The van der Waals surface area contributed by atoms with E-state index in [9.17, 15) is 4.79 Å². The molecule has 1 atom stereocenters. The van der Waals surface area contributed by atoms with Gasteiger partial charge in [-0.2, -0.15) is 0 Å². The molecule has 1 aliphatic rings. The molecule has 1 aliphatic heterocycles. The van der Waals surface area contributed by atoms with Crippen LogP contribution in [0.3, 0.4) is 0 Å². The first-order chi connectivity index (χ1) is 5.65. The average Bonchev–Trinajstić information content (AvgIpc) is 2.08. The minimum Gasteiger partial charge on any atom is -0.465 e. The van der Waals surface area contributed by atoms with Gasteiger partial charge in [0.1, 0.15) is 0 Å². The number of aliphatic imine (C=N–C) groups is 1. The summed E-state index contributed by atoms with van der Waals surface area (Å²) in [6, 6.07) is -0.154. The van der Waals surface area contributed by atoms with Crippen LogP contribution in [-0.4, -0.2) is 31.0 Å². The molecule has 0 aromatic carbocycles. The van der Waals surface area contributed by atoms with Crippen LogP contribution in [0.15, 0.2) is 16.6 Å². The number of rotatable bonds is 1. The molecule has 4 heteroatoms. The molecule has 0 saturated carbocycles. The zero-order valence-corrected chi connectivity index (χ0v) is 7.00. The molecule has 4 nitrogen and oxygen atoms in total. The fourth-order valence-corrected chi connectivity index (χ4v) is 0.827.